The molecule has 13 heavy (non-hydrogen) atoms. The molecule has 0 aliphatic carbocycles. The molecular weight excluding hydrogens is 254 g/mol. The lowest BCUT2D eigenvalue weighted by atomic mass is 10.0. The van der Waals surface area contributed by atoms with Gasteiger partial charge in [0.15, 0.2) is 6.29 Å². The Bertz CT molecular complexity index is 386. The van der Waals surface area contributed by atoms with Gasteiger partial charge in [-0.05, 0) is 27.9 Å². The molecule has 1 aliphatic heterocycles. The van der Waals surface area contributed by atoms with Crippen molar-refractivity contribution in [1.29, 1.82) is 0 Å². The number of thiophene rings is 1. The van der Waals surface area contributed by atoms with E-state index in [1.165, 1.54) is 11.3 Å². The molecule has 1 aromatic rings. The lowest BCUT2D eigenvalue weighted by molar-refractivity contribution is 0.0941. The maximum atomic E-state index is 11.4. The van der Waals surface area contributed by atoms with E-state index in [9.17, 15) is 9.59 Å². The van der Waals surface area contributed by atoms with E-state index in [-0.39, 0.29) is 5.91 Å². The zero-order chi connectivity index (χ0) is 9.42. The fourth-order valence-electron chi connectivity index (χ4n) is 1.40. The molecule has 0 spiro atoms. The Morgan fingerprint density at radius 2 is 2.31 bits per heavy atom. The molecule has 0 radical (unpaired) electrons. The number of carbonyl (C=O) groups excluding carboxylic acids is 2. The summed E-state index contributed by atoms with van der Waals surface area (Å²) < 4.78 is 0.902. The highest BCUT2D eigenvalue weighted by atomic mass is 79.9. The normalized spacial score (nSPS) is 15.0. The molecule has 0 aromatic carbocycles. The van der Waals surface area contributed by atoms with Crippen LogP contribution in [0.2, 0.25) is 0 Å². The molecule has 3 nitrogen and oxygen atoms in total. The Labute approximate surface area is 87.3 Å². The van der Waals surface area contributed by atoms with Crippen molar-refractivity contribution in [3.05, 3.63) is 19.8 Å². The molecule has 5 heteroatoms. The van der Waals surface area contributed by atoms with Gasteiger partial charge < -0.3 is 5.32 Å². The highest BCUT2D eigenvalue weighted by Gasteiger charge is 2.25. The highest BCUT2D eigenvalue weighted by Crippen LogP contribution is 2.33. The molecule has 1 aliphatic rings. The van der Waals surface area contributed by atoms with E-state index in [2.05, 4.69) is 21.2 Å². The predicted molar refractivity (Wildman–Crippen MR) is 53.4 cm³/mol. The van der Waals surface area contributed by atoms with Crippen molar-refractivity contribution in [3.8, 4) is 0 Å². The van der Waals surface area contributed by atoms with Gasteiger partial charge in [-0.3, -0.25) is 9.59 Å². The molecule has 0 fully saturated rings. The third-order valence-electron chi connectivity index (χ3n) is 1.98. The van der Waals surface area contributed by atoms with Gasteiger partial charge in [-0.15, -0.1) is 11.3 Å². The molecule has 0 bridgehead atoms. The second-order valence-electron chi connectivity index (χ2n) is 2.72. The highest BCUT2D eigenvalue weighted by molar-refractivity contribution is 9.11. The van der Waals surface area contributed by atoms with E-state index >= 15 is 0 Å². The minimum absolute atomic E-state index is 0.134. The first-order valence-electron chi connectivity index (χ1n) is 3.78. The van der Waals surface area contributed by atoms with E-state index in [0.29, 0.717) is 17.0 Å². The number of carbonyl (C=O) groups is 2. The number of nitrogens with one attached hydrogen (secondary N) is 1. The minimum atomic E-state index is -0.134. The molecule has 1 N–H and O–H groups in total. The van der Waals surface area contributed by atoms with Crippen LogP contribution in [0.15, 0.2) is 3.79 Å². The van der Waals surface area contributed by atoms with Crippen LogP contribution in [0.1, 0.15) is 25.6 Å². The number of aldehydes is 1. The predicted octanol–water partition coefficient (Wildman–Crippen LogP) is 1.61. The molecule has 2 heterocycles. The lowest BCUT2D eigenvalue weighted by Gasteiger charge is -2.12. The van der Waals surface area contributed by atoms with Gasteiger partial charge in [0, 0.05) is 6.54 Å². The summed E-state index contributed by atoms with van der Waals surface area (Å²) in [7, 11) is 0. The Hall–Kier alpha value is -0.680. The van der Waals surface area contributed by atoms with Crippen LogP contribution in [0.25, 0.3) is 0 Å². The molecule has 68 valence electrons. The number of halogens is 1. The zero-order valence-corrected chi connectivity index (χ0v) is 9.00. The van der Waals surface area contributed by atoms with Crippen LogP contribution >= 0.6 is 27.3 Å². The zero-order valence-electron chi connectivity index (χ0n) is 6.59. The van der Waals surface area contributed by atoms with Gasteiger partial charge in [0.05, 0.1) is 14.2 Å². The van der Waals surface area contributed by atoms with Gasteiger partial charge in [0.1, 0.15) is 0 Å². The van der Waals surface area contributed by atoms with Gasteiger partial charge in [0.25, 0.3) is 5.91 Å². The van der Waals surface area contributed by atoms with Crippen LogP contribution in [0.5, 0.6) is 0 Å². The Balaban J connectivity index is 2.64. The van der Waals surface area contributed by atoms with E-state index in [1.54, 1.807) is 0 Å². The molecule has 0 saturated heterocycles. The largest absolute Gasteiger partial charge is 0.352 e. The van der Waals surface area contributed by atoms with Crippen LogP contribution < -0.4 is 5.32 Å². The van der Waals surface area contributed by atoms with Gasteiger partial charge >= 0.3 is 0 Å². The maximum Gasteiger partial charge on any atom is 0.253 e. The number of hydrogen-bond acceptors (Lipinski definition) is 3. The van der Waals surface area contributed by atoms with Crippen LogP contribution in [0, 0.1) is 0 Å². The summed E-state index contributed by atoms with van der Waals surface area (Å²) in [5, 5.41) is 2.71. The fourth-order valence-corrected chi connectivity index (χ4v) is 3.21. The smallest absolute Gasteiger partial charge is 0.253 e. The number of rotatable bonds is 1. The average molecular weight is 260 g/mol. The molecule has 1 aromatic heterocycles. The molecule has 0 atom stereocenters. The Kier molecular flexibility index (Phi) is 2.21. The molecular formula is C8H6BrNO2S. The van der Waals surface area contributed by atoms with Crippen LogP contribution in [0.4, 0.5) is 0 Å². The van der Waals surface area contributed by atoms with E-state index < -0.39 is 0 Å². The lowest BCUT2D eigenvalue weighted by Crippen LogP contribution is -2.31. The summed E-state index contributed by atoms with van der Waals surface area (Å²) in [6, 6.07) is 0. The summed E-state index contributed by atoms with van der Waals surface area (Å²) in [6.45, 7) is 0.652. The summed E-state index contributed by atoms with van der Waals surface area (Å²) in [5.41, 5.74) is 1.52. The van der Waals surface area contributed by atoms with Crippen molar-refractivity contribution in [3.63, 3.8) is 0 Å². The third-order valence-corrected chi connectivity index (χ3v) is 3.89. The van der Waals surface area contributed by atoms with Crippen molar-refractivity contribution in [2.45, 2.75) is 6.42 Å². The average Bonchev–Trinajstić information content (AvgIpc) is 2.45. The number of hydrogen-bond donors (Lipinski definition) is 1. The summed E-state index contributed by atoms with van der Waals surface area (Å²) >= 11 is 4.67. The minimum Gasteiger partial charge on any atom is -0.352 e. The first-order chi connectivity index (χ1) is 6.24. The first kappa shape index (κ1) is 8.90. The van der Waals surface area contributed by atoms with E-state index in [0.717, 1.165) is 22.1 Å². The summed E-state index contributed by atoms with van der Waals surface area (Å²) in [6.07, 6.45) is 1.53. The molecule has 0 unspecified atom stereocenters. The van der Waals surface area contributed by atoms with Crippen molar-refractivity contribution >= 4 is 39.5 Å². The fraction of sp³-hybridized carbons (Fsp3) is 0.250. The third kappa shape index (κ3) is 1.32. The molecule has 2 rings (SSSR count). The van der Waals surface area contributed by atoms with E-state index in [1.807, 2.05) is 0 Å². The van der Waals surface area contributed by atoms with Crippen molar-refractivity contribution < 1.29 is 9.59 Å². The molecule has 1 amide bonds. The van der Waals surface area contributed by atoms with Crippen molar-refractivity contribution in [2.24, 2.45) is 0 Å². The Morgan fingerprint density at radius 1 is 1.54 bits per heavy atom. The number of fused-ring (bicyclic) bond motifs is 1. The monoisotopic (exact) mass is 259 g/mol. The quantitative estimate of drug-likeness (QED) is 0.780. The SMILES string of the molecule is O=Cc1sc(Br)c2c1C(=O)NCC2. The van der Waals surface area contributed by atoms with Crippen LogP contribution in [-0.4, -0.2) is 18.7 Å². The topological polar surface area (TPSA) is 46.2 Å². The van der Waals surface area contributed by atoms with Gasteiger partial charge in [-0.25, -0.2) is 0 Å². The van der Waals surface area contributed by atoms with Crippen molar-refractivity contribution in [1.82, 2.24) is 5.32 Å². The van der Waals surface area contributed by atoms with Crippen molar-refractivity contribution in [2.75, 3.05) is 6.54 Å². The summed E-state index contributed by atoms with van der Waals surface area (Å²) in [5.74, 6) is -0.134. The van der Waals surface area contributed by atoms with Crippen LogP contribution in [0.3, 0.4) is 0 Å². The molecule has 0 saturated carbocycles. The number of amides is 1. The van der Waals surface area contributed by atoms with Crippen LogP contribution in [-0.2, 0) is 6.42 Å². The second-order valence-corrected chi connectivity index (χ2v) is 5.09. The first-order valence-corrected chi connectivity index (χ1v) is 5.39. The second kappa shape index (κ2) is 3.23. The van der Waals surface area contributed by atoms with Gasteiger partial charge in [-0.2, -0.15) is 0 Å². The summed E-state index contributed by atoms with van der Waals surface area (Å²) in [4.78, 5) is 22.6. The van der Waals surface area contributed by atoms with E-state index in [4.69, 9.17) is 0 Å². The Morgan fingerprint density at radius 3 is 3.00 bits per heavy atom. The maximum absolute atomic E-state index is 11.4. The standard InChI is InChI=1S/C8H6BrNO2S/c9-7-4-1-2-10-8(12)6(4)5(3-11)13-7/h3H,1-2H2,(H,10,12). The van der Waals surface area contributed by atoms with Gasteiger partial charge in [0.2, 0.25) is 0 Å². The van der Waals surface area contributed by atoms with Gasteiger partial charge in [-0.1, -0.05) is 0 Å².